The van der Waals surface area contributed by atoms with Crippen LogP contribution in [0.15, 0.2) is 103 Å². The van der Waals surface area contributed by atoms with Crippen LogP contribution < -0.4 is 0 Å². The molecule has 0 amide bonds. The number of fused-ring (bicyclic) bond motifs is 1. The standard InChI is InChI=1S/C28H30/c1-6-7-13-26(21(3)17-24-12-10-11-20(2)16-24)22(4)18-25-19-23(5)27-14-8-9-15-28(25)27/h6-16,25H,1,4-5,17-19H2,2-3H3/b13-7-,26-21-. The quantitative estimate of drug-likeness (QED) is 0.439. The van der Waals surface area contributed by atoms with Crippen LogP contribution in [0.5, 0.6) is 0 Å². The molecule has 0 heteroatoms. The maximum absolute atomic E-state index is 4.48. The molecule has 0 radical (unpaired) electrons. The average Bonchev–Trinajstić information content (AvgIpc) is 2.98. The molecule has 2 aromatic rings. The van der Waals surface area contributed by atoms with Gasteiger partial charge in [-0.2, -0.15) is 0 Å². The molecule has 0 spiro atoms. The van der Waals surface area contributed by atoms with Gasteiger partial charge in [0, 0.05) is 0 Å². The van der Waals surface area contributed by atoms with E-state index >= 15 is 0 Å². The van der Waals surface area contributed by atoms with E-state index in [9.17, 15) is 0 Å². The second-order valence-electron chi connectivity index (χ2n) is 7.85. The summed E-state index contributed by atoms with van der Waals surface area (Å²) in [5, 5.41) is 0. The monoisotopic (exact) mass is 366 g/mol. The summed E-state index contributed by atoms with van der Waals surface area (Å²) in [6.45, 7) is 17.0. The molecule has 28 heavy (non-hydrogen) atoms. The molecule has 0 saturated carbocycles. The van der Waals surface area contributed by atoms with E-state index < -0.39 is 0 Å². The molecule has 0 fully saturated rings. The molecule has 0 aliphatic heterocycles. The highest BCUT2D eigenvalue weighted by Crippen LogP contribution is 2.44. The number of hydrogen-bond acceptors (Lipinski definition) is 0. The van der Waals surface area contributed by atoms with Gasteiger partial charge in [-0.05, 0) is 72.4 Å². The lowest BCUT2D eigenvalue weighted by Crippen LogP contribution is -2.00. The van der Waals surface area contributed by atoms with E-state index in [4.69, 9.17) is 0 Å². The van der Waals surface area contributed by atoms with Crippen LogP contribution in [-0.2, 0) is 6.42 Å². The molecule has 1 atom stereocenters. The second kappa shape index (κ2) is 8.89. The largest absolute Gasteiger partial charge is 0.0991 e. The van der Waals surface area contributed by atoms with Crippen LogP contribution >= 0.6 is 0 Å². The second-order valence-corrected chi connectivity index (χ2v) is 7.85. The maximum atomic E-state index is 4.48. The Morgan fingerprint density at radius 2 is 1.93 bits per heavy atom. The lowest BCUT2D eigenvalue weighted by molar-refractivity contribution is 0.730. The zero-order valence-electron chi connectivity index (χ0n) is 17.2. The van der Waals surface area contributed by atoms with Crippen molar-refractivity contribution in [3.63, 3.8) is 0 Å². The van der Waals surface area contributed by atoms with Crippen molar-refractivity contribution in [2.45, 2.75) is 39.0 Å². The zero-order valence-corrected chi connectivity index (χ0v) is 17.2. The Kier molecular flexibility index (Phi) is 6.31. The number of rotatable bonds is 7. The minimum atomic E-state index is 0.468. The van der Waals surface area contributed by atoms with Gasteiger partial charge in [0.2, 0.25) is 0 Å². The number of hydrogen-bond donors (Lipinski definition) is 0. The van der Waals surface area contributed by atoms with Crippen molar-refractivity contribution in [1.29, 1.82) is 0 Å². The predicted octanol–water partition coefficient (Wildman–Crippen LogP) is 7.74. The minimum absolute atomic E-state index is 0.468. The van der Waals surface area contributed by atoms with E-state index in [1.807, 2.05) is 12.2 Å². The maximum Gasteiger partial charge on any atom is -0.00607 e. The molecule has 0 heterocycles. The highest BCUT2D eigenvalue weighted by molar-refractivity contribution is 5.72. The van der Waals surface area contributed by atoms with E-state index in [-0.39, 0.29) is 0 Å². The first kappa shape index (κ1) is 19.9. The van der Waals surface area contributed by atoms with E-state index in [1.165, 1.54) is 44.5 Å². The third kappa shape index (κ3) is 4.51. The predicted molar refractivity (Wildman–Crippen MR) is 124 cm³/mol. The van der Waals surface area contributed by atoms with Crippen LogP contribution in [0.25, 0.3) is 5.57 Å². The van der Waals surface area contributed by atoms with Crippen LogP contribution in [0.1, 0.15) is 47.9 Å². The van der Waals surface area contributed by atoms with Crippen molar-refractivity contribution in [1.82, 2.24) is 0 Å². The Morgan fingerprint density at radius 1 is 1.14 bits per heavy atom. The Morgan fingerprint density at radius 3 is 2.68 bits per heavy atom. The zero-order chi connectivity index (χ0) is 20.1. The van der Waals surface area contributed by atoms with Gasteiger partial charge in [0.1, 0.15) is 0 Å². The first-order valence-electron chi connectivity index (χ1n) is 9.99. The Hall–Kier alpha value is -2.86. The van der Waals surface area contributed by atoms with Crippen LogP contribution in [-0.4, -0.2) is 0 Å². The molecule has 1 aliphatic carbocycles. The Balaban J connectivity index is 1.85. The van der Waals surface area contributed by atoms with Crippen molar-refractivity contribution in [2.75, 3.05) is 0 Å². The molecular formula is C28H30. The summed E-state index contributed by atoms with van der Waals surface area (Å²) in [5.74, 6) is 0.468. The summed E-state index contributed by atoms with van der Waals surface area (Å²) in [5.41, 5.74) is 10.4. The molecule has 1 aliphatic rings. The number of aryl methyl sites for hydroxylation is 1. The lowest BCUT2D eigenvalue weighted by atomic mass is 9.87. The molecule has 1 unspecified atom stereocenters. The molecule has 0 nitrogen and oxygen atoms in total. The van der Waals surface area contributed by atoms with E-state index in [0.717, 1.165) is 19.3 Å². The van der Waals surface area contributed by atoms with Gasteiger partial charge < -0.3 is 0 Å². The number of allylic oxidation sites excluding steroid dienone is 7. The van der Waals surface area contributed by atoms with Gasteiger partial charge in [-0.3, -0.25) is 0 Å². The summed E-state index contributed by atoms with van der Waals surface area (Å²) in [6.07, 6.45) is 8.93. The topological polar surface area (TPSA) is 0 Å². The van der Waals surface area contributed by atoms with Gasteiger partial charge >= 0.3 is 0 Å². The van der Waals surface area contributed by atoms with Crippen molar-refractivity contribution in [3.8, 4) is 0 Å². The molecule has 142 valence electrons. The fraction of sp³-hybridized carbons (Fsp3) is 0.214. The van der Waals surface area contributed by atoms with Crippen LogP contribution in [0.3, 0.4) is 0 Å². The van der Waals surface area contributed by atoms with Crippen molar-refractivity contribution >= 4 is 5.57 Å². The summed E-state index contributed by atoms with van der Waals surface area (Å²) in [4.78, 5) is 0. The van der Waals surface area contributed by atoms with Gasteiger partial charge in [-0.1, -0.05) is 97.6 Å². The van der Waals surface area contributed by atoms with Crippen LogP contribution in [0.4, 0.5) is 0 Å². The summed E-state index contributed by atoms with van der Waals surface area (Å²) < 4.78 is 0. The molecule has 0 saturated heterocycles. The molecule has 0 aromatic heterocycles. The van der Waals surface area contributed by atoms with E-state index in [1.54, 1.807) is 0 Å². The molecule has 0 N–H and O–H groups in total. The Labute approximate surface area is 170 Å². The summed E-state index contributed by atoms with van der Waals surface area (Å²) >= 11 is 0. The lowest BCUT2D eigenvalue weighted by Gasteiger charge is -2.17. The first-order valence-corrected chi connectivity index (χ1v) is 9.99. The molecule has 3 rings (SSSR count). The van der Waals surface area contributed by atoms with Gasteiger partial charge in [0.15, 0.2) is 0 Å². The fourth-order valence-electron chi connectivity index (χ4n) is 4.23. The summed E-state index contributed by atoms with van der Waals surface area (Å²) in [6, 6.07) is 17.4. The van der Waals surface area contributed by atoms with Gasteiger partial charge in [0.05, 0.1) is 0 Å². The SMILES string of the molecule is C=C/C=C\C(C(=C)CC1CC(=C)c2ccccc21)=C(/C)Cc1cccc(C)c1. The third-order valence-corrected chi connectivity index (χ3v) is 5.56. The third-order valence-electron chi connectivity index (χ3n) is 5.56. The molecular weight excluding hydrogens is 336 g/mol. The van der Waals surface area contributed by atoms with E-state index in [2.05, 4.69) is 88.2 Å². The first-order chi connectivity index (χ1) is 13.5. The Bertz CT molecular complexity index is 965. The fourth-order valence-corrected chi connectivity index (χ4v) is 4.23. The minimum Gasteiger partial charge on any atom is -0.0991 e. The molecule has 2 aromatic carbocycles. The summed E-state index contributed by atoms with van der Waals surface area (Å²) in [7, 11) is 0. The highest BCUT2D eigenvalue weighted by Gasteiger charge is 2.25. The normalized spacial score (nSPS) is 16.8. The van der Waals surface area contributed by atoms with Gasteiger partial charge in [-0.25, -0.2) is 0 Å². The van der Waals surface area contributed by atoms with Gasteiger partial charge in [-0.15, -0.1) is 0 Å². The van der Waals surface area contributed by atoms with Crippen LogP contribution in [0.2, 0.25) is 0 Å². The van der Waals surface area contributed by atoms with Crippen molar-refractivity contribution in [2.24, 2.45) is 0 Å². The van der Waals surface area contributed by atoms with E-state index in [0.29, 0.717) is 5.92 Å². The van der Waals surface area contributed by atoms with Gasteiger partial charge in [0.25, 0.3) is 0 Å². The highest BCUT2D eigenvalue weighted by atomic mass is 14.3. The van der Waals surface area contributed by atoms with Crippen LogP contribution in [0, 0.1) is 6.92 Å². The molecule has 0 bridgehead atoms. The van der Waals surface area contributed by atoms with Crippen molar-refractivity contribution in [3.05, 3.63) is 125 Å². The smallest absolute Gasteiger partial charge is 0.00607 e. The average molecular weight is 367 g/mol. The van der Waals surface area contributed by atoms with Crippen molar-refractivity contribution < 1.29 is 0 Å². The number of benzene rings is 2.